The van der Waals surface area contributed by atoms with Gasteiger partial charge in [-0.25, -0.2) is 0 Å². The molecule has 0 unspecified atom stereocenters. The minimum Gasteiger partial charge on any atom is -0.493 e. The van der Waals surface area contributed by atoms with Crippen molar-refractivity contribution in [1.29, 1.82) is 0 Å². The van der Waals surface area contributed by atoms with E-state index in [2.05, 4.69) is 43.5 Å². The molecular formula is C22H30N2O3. The number of rotatable bonds is 8. The van der Waals surface area contributed by atoms with Gasteiger partial charge in [0.25, 0.3) is 0 Å². The van der Waals surface area contributed by atoms with E-state index >= 15 is 0 Å². The molecule has 2 N–H and O–H groups in total. The first kappa shape index (κ1) is 20.6. The van der Waals surface area contributed by atoms with Crippen molar-refractivity contribution in [2.45, 2.75) is 32.6 Å². The van der Waals surface area contributed by atoms with Crippen LogP contribution in [0.25, 0.3) is 0 Å². The second-order valence-electron chi connectivity index (χ2n) is 7.47. The smallest absolute Gasteiger partial charge is 0.239 e. The number of amides is 1. The van der Waals surface area contributed by atoms with Gasteiger partial charge in [0.2, 0.25) is 5.91 Å². The van der Waals surface area contributed by atoms with E-state index in [-0.39, 0.29) is 17.9 Å². The fourth-order valence-corrected chi connectivity index (χ4v) is 2.72. The lowest BCUT2D eigenvalue weighted by Crippen LogP contribution is -2.31. The molecule has 1 amide bonds. The van der Waals surface area contributed by atoms with Crippen LogP contribution in [0.15, 0.2) is 42.5 Å². The number of methoxy groups -OCH3 is 2. The lowest BCUT2D eigenvalue weighted by atomic mass is 9.87. The highest BCUT2D eigenvalue weighted by Crippen LogP contribution is 2.27. The molecule has 5 nitrogen and oxygen atoms in total. The normalized spacial score (nSPS) is 11.0. The average Bonchev–Trinajstić information content (AvgIpc) is 2.65. The van der Waals surface area contributed by atoms with Crippen LogP contribution in [0.2, 0.25) is 0 Å². The number of hydrogen-bond donors (Lipinski definition) is 2. The maximum atomic E-state index is 12.0. The van der Waals surface area contributed by atoms with Crippen molar-refractivity contribution in [2.24, 2.45) is 0 Å². The third-order valence-electron chi connectivity index (χ3n) is 4.39. The predicted molar refractivity (Wildman–Crippen MR) is 110 cm³/mol. The van der Waals surface area contributed by atoms with Gasteiger partial charge in [-0.05, 0) is 47.2 Å². The number of ether oxygens (including phenoxy) is 2. The van der Waals surface area contributed by atoms with Crippen LogP contribution in [-0.4, -0.2) is 33.2 Å². The zero-order valence-corrected chi connectivity index (χ0v) is 16.9. The SMILES string of the molecule is COc1ccc(CCNC(=O)CNc2ccc(C(C)(C)C)cc2)cc1OC. The molecule has 0 saturated carbocycles. The molecule has 0 saturated heterocycles. The Kier molecular flexibility index (Phi) is 7.11. The van der Waals surface area contributed by atoms with Crippen LogP contribution in [0, 0.1) is 0 Å². The Morgan fingerprint density at radius 1 is 0.963 bits per heavy atom. The first-order valence-corrected chi connectivity index (χ1v) is 9.15. The highest BCUT2D eigenvalue weighted by molar-refractivity contribution is 5.80. The molecule has 2 aromatic rings. The van der Waals surface area contributed by atoms with Gasteiger partial charge >= 0.3 is 0 Å². The third-order valence-corrected chi connectivity index (χ3v) is 4.39. The molecular weight excluding hydrogens is 340 g/mol. The number of nitrogens with one attached hydrogen (secondary N) is 2. The zero-order valence-electron chi connectivity index (χ0n) is 16.9. The van der Waals surface area contributed by atoms with E-state index in [1.54, 1.807) is 14.2 Å². The van der Waals surface area contributed by atoms with Crippen molar-refractivity contribution in [3.05, 3.63) is 53.6 Å². The summed E-state index contributed by atoms with van der Waals surface area (Å²) in [4.78, 5) is 12.0. The summed E-state index contributed by atoms with van der Waals surface area (Å²) in [6, 6.07) is 14.0. The maximum Gasteiger partial charge on any atom is 0.239 e. The van der Waals surface area contributed by atoms with Crippen molar-refractivity contribution < 1.29 is 14.3 Å². The second kappa shape index (κ2) is 9.31. The van der Waals surface area contributed by atoms with Gasteiger partial charge in [0.1, 0.15) is 0 Å². The van der Waals surface area contributed by atoms with E-state index in [0.717, 1.165) is 17.7 Å². The predicted octanol–water partition coefficient (Wildman–Crippen LogP) is 3.77. The molecule has 27 heavy (non-hydrogen) atoms. The summed E-state index contributed by atoms with van der Waals surface area (Å²) < 4.78 is 10.5. The van der Waals surface area contributed by atoms with E-state index < -0.39 is 0 Å². The summed E-state index contributed by atoms with van der Waals surface area (Å²) in [7, 11) is 3.23. The first-order valence-electron chi connectivity index (χ1n) is 9.15. The van der Waals surface area contributed by atoms with E-state index in [0.29, 0.717) is 18.0 Å². The molecule has 0 fully saturated rings. The fourth-order valence-electron chi connectivity index (χ4n) is 2.72. The Bertz CT molecular complexity index is 749. The van der Waals surface area contributed by atoms with Crippen molar-refractivity contribution >= 4 is 11.6 Å². The Labute approximate surface area is 162 Å². The number of carbonyl (C=O) groups excluding carboxylic acids is 1. The van der Waals surface area contributed by atoms with Gasteiger partial charge in [-0.2, -0.15) is 0 Å². The molecule has 0 aromatic heterocycles. The van der Waals surface area contributed by atoms with E-state index in [4.69, 9.17) is 9.47 Å². The zero-order chi connectivity index (χ0) is 19.9. The summed E-state index contributed by atoms with van der Waals surface area (Å²) in [5.41, 5.74) is 3.42. The Morgan fingerprint density at radius 2 is 1.63 bits per heavy atom. The largest absolute Gasteiger partial charge is 0.493 e. The molecule has 0 aliphatic carbocycles. The van der Waals surface area contributed by atoms with E-state index in [1.165, 1.54) is 5.56 Å². The molecule has 2 aromatic carbocycles. The van der Waals surface area contributed by atoms with Crippen LogP contribution in [0.5, 0.6) is 11.5 Å². The molecule has 0 atom stereocenters. The van der Waals surface area contributed by atoms with Crippen LogP contribution >= 0.6 is 0 Å². The third kappa shape index (κ3) is 6.20. The van der Waals surface area contributed by atoms with Crippen LogP contribution in [0.1, 0.15) is 31.9 Å². The molecule has 0 aliphatic rings. The Balaban J connectivity index is 1.76. The van der Waals surface area contributed by atoms with E-state index in [9.17, 15) is 4.79 Å². The van der Waals surface area contributed by atoms with Crippen LogP contribution < -0.4 is 20.1 Å². The molecule has 0 bridgehead atoms. The summed E-state index contributed by atoms with van der Waals surface area (Å²) in [6.45, 7) is 7.36. The lowest BCUT2D eigenvalue weighted by molar-refractivity contribution is -0.119. The number of carbonyl (C=O) groups is 1. The summed E-state index contributed by atoms with van der Waals surface area (Å²) in [5, 5.41) is 6.09. The number of hydrogen-bond acceptors (Lipinski definition) is 4. The minimum absolute atomic E-state index is 0.0321. The molecule has 0 radical (unpaired) electrons. The first-order chi connectivity index (χ1) is 12.8. The molecule has 0 heterocycles. The molecule has 0 aliphatic heterocycles. The highest BCUT2D eigenvalue weighted by Gasteiger charge is 2.12. The number of anilines is 1. The van der Waals surface area contributed by atoms with Crippen molar-refractivity contribution in [3.8, 4) is 11.5 Å². The number of benzene rings is 2. The summed E-state index contributed by atoms with van der Waals surface area (Å²) in [6.07, 6.45) is 0.729. The van der Waals surface area contributed by atoms with Crippen LogP contribution in [0.3, 0.4) is 0 Å². The second-order valence-corrected chi connectivity index (χ2v) is 7.47. The van der Waals surface area contributed by atoms with Gasteiger partial charge in [0.15, 0.2) is 11.5 Å². The van der Waals surface area contributed by atoms with Gasteiger partial charge in [-0.1, -0.05) is 39.0 Å². The summed E-state index contributed by atoms with van der Waals surface area (Å²) in [5.74, 6) is 1.36. The lowest BCUT2D eigenvalue weighted by Gasteiger charge is -2.19. The maximum absolute atomic E-state index is 12.0. The van der Waals surface area contributed by atoms with E-state index in [1.807, 2.05) is 30.3 Å². The van der Waals surface area contributed by atoms with Crippen molar-refractivity contribution in [1.82, 2.24) is 5.32 Å². The molecule has 5 heteroatoms. The van der Waals surface area contributed by atoms with Crippen molar-refractivity contribution in [2.75, 3.05) is 32.6 Å². The van der Waals surface area contributed by atoms with Gasteiger partial charge < -0.3 is 20.1 Å². The quantitative estimate of drug-likeness (QED) is 0.743. The van der Waals surface area contributed by atoms with Gasteiger partial charge in [0, 0.05) is 12.2 Å². The summed E-state index contributed by atoms with van der Waals surface area (Å²) >= 11 is 0. The van der Waals surface area contributed by atoms with Gasteiger partial charge in [-0.3, -0.25) is 4.79 Å². The standard InChI is InChI=1S/C22H30N2O3/c1-22(2,3)17-7-9-18(10-8-17)24-15-21(25)23-13-12-16-6-11-19(26-4)20(14-16)27-5/h6-11,14,24H,12-13,15H2,1-5H3,(H,23,25). The highest BCUT2D eigenvalue weighted by atomic mass is 16.5. The topological polar surface area (TPSA) is 59.6 Å². The average molecular weight is 370 g/mol. The molecule has 146 valence electrons. The minimum atomic E-state index is -0.0321. The monoisotopic (exact) mass is 370 g/mol. The Hall–Kier alpha value is -2.69. The fraction of sp³-hybridized carbons (Fsp3) is 0.409. The van der Waals surface area contributed by atoms with Crippen LogP contribution in [0.4, 0.5) is 5.69 Å². The van der Waals surface area contributed by atoms with Crippen molar-refractivity contribution in [3.63, 3.8) is 0 Å². The molecule has 0 spiro atoms. The van der Waals surface area contributed by atoms with Gasteiger partial charge in [0.05, 0.1) is 20.8 Å². The Morgan fingerprint density at radius 3 is 2.22 bits per heavy atom. The van der Waals surface area contributed by atoms with Crippen LogP contribution in [-0.2, 0) is 16.6 Å². The molecule has 2 rings (SSSR count). The van der Waals surface area contributed by atoms with Gasteiger partial charge in [-0.15, -0.1) is 0 Å².